The average molecular weight is 459 g/mol. The first-order valence-corrected chi connectivity index (χ1v) is 11.5. The highest BCUT2D eigenvalue weighted by Crippen LogP contribution is 2.25. The van der Waals surface area contributed by atoms with Crippen LogP contribution in [0, 0.1) is 5.92 Å². The zero-order valence-corrected chi connectivity index (χ0v) is 20.1. The van der Waals surface area contributed by atoms with Crippen LogP contribution < -0.4 is 16.2 Å². The smallest absolute Gasteiger partial charge is 0.321 e. The van der Waals surface area contributed by atoms with Gasteiger partial charge in [-0.15, -0.1) is 10.2 Å². The summed E-state index contributed by atoms with van der Waals surface area (Å²) < 4.78 is 3.45. The normalized spacial score (nSPS) is 13.0. The third-order valence-electron chi connectivity index (χ3n) is 4.78. The van der Waals surface area contributed by atoms with Gasteiger partial charge < -0.3 is 5.32 Å². The number of benzene rings is 1. The van der Waals surface area contributed by atoms with Crippen molar-refractivity contribution in [2.24, 2.45) is 5.92 Å². The minimum Gasteiger partial charge on any atom is -0.333 e. The molecule has 0 fully saturated rings. The summed E-state index contributed by atoms with van der Waals surface area (Å²) in [5.74, 6) is 0.425. The van der Waals surface area contributed by atoms with Gasteiger partial charge in [0.25, 0.3) is 5.56 Å². The summed E-state index contributed by atoms with van der Waals surface area (Å²) in [6.07, 6.45) is 0.824. The second kappa shape index (κ2) is 9.32. The van der Waals surface area contributed by atoms with Crippen LogP contribution >= 0.6 is 11.8 Å². The van der Waals surface area contributed by atoms with E-state index in [0.29, 0.717) is 34.3 Å². The second-order valence-corrected chi connectivity index (χ2v) is 10.5. The standard InChI is InChI=1S/C22H30N6O3S/c1-13(2)11-12-27-18(30)15-9-7-8-10-16(15)28-20(27)25-26-21(28)32-14(3)17(29)23-19(31)24-22(4,5)6/h7-10,13-14H,11-12H2,1-6H3,(H2,23,24,29,31). The van der Waals surface area contributed by atoms with Crippen molar-refractivity contribution in [3.8, 4) is 0 Å². The Morgan fingerprint density at radius 1 is 1.12 bits per heavy atom. The van der Waals surface area contributed by atoms with Gasteiger partial charge in [0.15, 0.2) is 5.16 Å². The maximum absolute atomic E-state index is 13.1. The van der Waals surface area contributed by atoms with Gasteiger partial charge in [-0.25, -0.2) is 4.79 Å². The monoisotopic (exact) mass is 458 g/mol. The molecule has 0 radical (unpaired) electrons. The molecule has 9 nitrogen and oxygen atoms in total. The molecule has 2 aromatic heterocycles. The first-order chi connectivity index (χ1) is 15.0. The number of hydrogen-bond donors (Lipinski definition) is 2. The first-order valence-electron chi connectivity index (χ1n) is 10.6. The highest BCUT2D eigenvalue weighted by molar-refractivity contribution is 8.00. The van der Waals surface area contributed by atoms with Gasteiger partial charge in [-0.05, 0) is 52.2 Å². The lowest BCUT2D eigenvalue weighted by Gasteiger charge is -2.21. The third kappa shape index (κ3) is 5.29. The van der Waals surface area contributed by atoms with Crippen molar-refractivity contribution in [1.29, 1.82) is 0 Å². The van der Waals surface area contributed by atoms with Gasteiger partial charge in [0.05, 0.1) is 16.2 Å². The van der Waals surface area contributed by atoms with Crippen LogP contribution in [0.5, 0.6) is 0 Å². The number of amides is 3. The zero-order valence-electron chi connectivity index (χ0n) is 19.3. The van der Waals surface area contributed by atoms with Crippen LogP contribution in [0.25, 0.3) is 16.7 Å². The maximum atomic E-state index is 13.1. The largest absolute Gasteiger partial charge is 0.333 e. The number of rotatable bonds is 6. The Hall–Kier alpha value is -2.88. The van der Waals surface area contributed by atoms with E-state index in [-0.39, 0.29) is 5.56 Å². The predicted octanol–water partition coefficient (Wildman–Crippen LogP) is 3.20. The molecule has 0 aliphatic heterocycles. The topological polar surface area (TPSA) is 110 Å². The second-order valence-electron chi connectivity index (χ2n) is 9.23. The zero-order chi connectivity index (χ0) is 23.6. The van der Waals surface area contributed by atoms with E-state index in [0.717, 1.165) is 6.42 Å². The lowest BCUT2D eigenvalue weighted by Crippen LogP contribution is -2.49. The Kier molecular flexibility index (Phi) is 6.92. The molecule has 3 rings (SSSR count). The minimum atomic E-state index is -0.608. The molecule has 0 bridgehead atoms. The van der Waals surface area contributed by atoms with Crippen LogP contribution in [-0.2, 0) is 11.3 Å². The van der Waals surface area contributed by atoms with Crippen LogP contribution in [0.2, 0.25) is 0 Å². The molecule has 0 aliphatic carbocycles. The summed E-state index contributed by atoms with van der Waals surface area (Å²) in [5.41, 5.74) is 0.115. The molecule has 0 spiro atoms. The lowest BCUT2D eigenvalue weighted by molar-refractivity contribution is -0.119. The Bertz CT molecular complexity index is 1210. The predicted molar refractivity (Wildman–Crippen MR) is 126 cm³/mol. The summed E-state index contributed by atoms with van der Waals surface area (Å²) in [4.78, 5) is 37.7. The number of nitrogens with zero attached hydrogens (tertiary/aromatic N) is 4. The SMILES string of the molecule is CC(C)CCn1c(=O)c2ccccc2n2c(SC(C)C(=O)NC(=O)NC(C)(C)C)nnc12. The van der Waals surface area contributed by atoms with Gasteiger partial charge in [0.2, 0.25) is 11.7 Å². The third-order valence-corrected chi connectivity index (χ3v) is 5.83. The van der Waals surface area contributed by atoms with Gasteiger partial charge in [-0.1, -0.05) is 37.7 Å². The van der Waals surface area contributed by atoms with Crippen LogP contribution in [0.3, 0.4) is 0 Å². The van der Waals surface area contributed by atoms with Gasteiger partial charge in [-0.3, -0.25) is 23.9 Å². The molecule has 0 saturated carbocycles. The number of para-hydroxylation sites is 1. The van der Waals surface area contributed by atoms with Crippen LogP contribution in [-0.4, -0.2) is 41.9 Å². The summed E-state index contributed by atoms with van der Waals surface area (Å²) in [7, 11) is 0. The van der Waals surface area contributed by atoms with Crippen molar-refractivity contribution in [2.45, 2.75) is 70.5 Å². The number of fused-ring (bicyclic) bond motifs is 3. The average Bonchev–Trinajstić information content (AvgIpc) is 3.09. The quantitative estimate of drug-likeness (QED) is 0.549. The van der Waals surface area contributed by atoms with E-state index in [1.54, 1.807) is 22.0 Å². The number of thioether (sulfide) groups is 1. The molecule has 3 amide bonds. The number of carbonyl (C=O) groups is 2. The van der Waals surface area contributed by atoms with Crippen molar-refractivity contribution in [1.82, 2.24) is 29.8 Å². The van der Waals surface area contributed by atoms with Gasteiger partial charge in [-0.2, -0.15) is 0 Å². The van der Waals surface area contributed by atoms with E-state index in [1.807, 2.05) is 39.0 Å². The van der Waals surface area contributed by atoms with Crippen molar-refractivity contribution in [3.63, 3.8) is 0 Å². The molecule has 2 N–H and O–H groups in total. The summed E-state index contributed by atoms with van der Waals surface area (Å²) >= 11 is 1.18. The minimum absolute atomic E-state index is 0.109. The van der Waals surface area contributed by atoms with Gasteiger partial charge in [0, 0.05) is 12.1 Å². The van der Waals surface area contributed by atoms with Gasteiger partial charge >= 0.3 is 6.03 Å². The summed E-state index contributed by atoms with van der Waals surface area (Å²) in [6.45, 7) is 11.9. The van der Waals surface area contributed by atoms with Crippen molar-refractivity contribution < 1.29 is 9.59 Å². The van der Waals surface area contributed by atoms with Crippen LogP contribution in [0.15, 0.2) is 34.2 Å². The van der Waals surface area contributed by atoms with Crippen LogP contribution in [0.4, 0.5) is 4.79 Å². The van der Waals surface area contributed by atoms with E-state index in [9.17, 15) is 14.4 Å². The number of nitrogens with one attached hydrogen (secondary N) is 2. The van der Waals surface area contributed by atoms with E-state index < -0.39 is 22.7 Å². The Morgan fingerprint density at radius 3 is 2.47 bits per heavy atom. The van der Waals surface area contributed by atoms with E-state index >= 15 is 0 Å². The highest BCUT2D eigenvalue weighted by Gasteiger charge is 2.24. The summed E-state index contributed by atoms with van der Waals surface area (Å²) in [5, 5.41) is 14.0. The number of aryl methyl sites for hydroxylation is 1. The number of hydrogen-bond acceptors (Lipinski definition) is 6. The molecule has 0 aliphatic rings. The maximum Gasteiger partial charge on any atom is 0.321 e. The molecule has 1 aromatic carbocycles. The fraction of sp³-hybridized carbons (Fsp3) is 0.500. The number of carbonyl (C=O) groups excluding carboxylic acids is 2. The Labute approximate surface area is 191 Å². The number of imide groups is 1. The fourth-order valence-electron chi connectivity index (χ4n) is 3.20. The van der Waals surface area contributed by atoms with Crippen molar-refractivity contribution in [2.75, 3.05) is 0 Å². The van der Waals surface area contributed by atoms with Crippen molar-refractivity contribution >= 4 is 40.4 Å². The highest BCUT2D eigenvalue weighted by atomic mass is 32.2. The van der Waals surface area contributed by atoms with E-state index in [1.165, 1.54) is 11.8 Å². The molecule has 2 heterocycles. The lowest BCUT2D eigenvalue weighted by atomic mass is 10.1. The molecule has 10 heteroatoms. The number of aromatic nitrogens is 4. The molecule has 1 atom stereocenters. The molecule has 1 unspecified atom stereocenters. The molecule has 3 aromatic rings. The first kappa shape index (κ1) is 23.8. The summed E-state index contributed by atoms with van der Waals surface area (Å²) in [6, 6.07) is 6.74. The molecular weight excluding hydrogens is 428 g/mol. The molecule has 172 valence electrons. The Morgan fingerprint density at radius 2 is 1.81 bits per heavy atom. The van der Waals surface area contributed by atoms with Crippen LogP contribution in [0.1, 0.15) is 48.0 Å². The van der Waals surface area contributed by atoms with Crippen molar-refractivity contribution in [3.05, 3.63) is 34.6 Å². The van der Waals surface area contributed by atoms with E-state index in [4.69, 9.17) is 0 Å². The Balaban J connectivity index is 1.95. The molecule has 32 heavy (non-hydrogen) atoms. The fourth-order valence-corrected chi connectivity index (χ4v) is 4.05. The number of urea groups is 1. The molecule has 0 saturated heterocycles. The van der Waals surface area contributed by atoms with Gasteiger partial charge in [0.1, 0.15) is 0 Å². The molecular formula is C22H30N6O3S. The van der Waals surface area contributed by atoms with E-state index in [2.05, 4.69) is 34.7 Å².